The van der Waals surface area contributed by atoms with E-state index in [1.54, 1.807) is 24.3 Å². The third kappa shape index (κ3) is 3.07. The average Bonchev–Trinajstić information content (AvgIpc) is 3.10. The lowest BCUT2D eigenvalue weighted by molar-refractivity contribution is 0.0777. The van der Waals surface area contributed by atoms with Gasteiger partial charge in [0.25, 0.3) is 5.91 Å². The minimum atomic E-state index is -3.18. The van der Waals surface area contributed by atoms with E-state index in [0.29, 0.717) is 37.3 Å². The lowest BCUT2D eigenvalue weighted by atomic mass is 9.90. The molecule has 0 radical (unpaired) electrons. The molecule has 1 aromatic rings. The number of sulfonamides is 1. The third-order valence-electron chi connectivity index (χ3n) is 4.84. The molecule has 1 unspecified atom stereocenters. The Morgan fingerprint density at radius 1 is 1.26 bits per heavy atom. The fraction of sp³-hybridized carbons (Fsp3) is 0.562. The van der Waals surface area contributed by atoms with E-state index >= 15 is 0 Å². The number of rotatable bonds is 3. The number of likely N-dealkylation sites (tertiary alicyclic amines) is 1. The van der Waals surface area contributed by atoms with Crippen LogP contribution < -0.4 is 10.0 Å². The first-order valence-electron chi connectivity index (χ1n) is 7.94. The van der Waals surface area contributed by atoms with E-state index in [2.05, 4.69) is 6.92 Å². The Labute approximate surface area is 137 Å². The van der Waals surface area contributed by atoms with Crippen molar-refractivity contribution in [3.8, 4) is 0 Å². The summed E-state index contributed by atoms with van der Waals surface area (Å²) >= 11 is 0. The van der Waals surface area contributed by atoms with Gasteiger partial charge < -0.3 is 10.6 Å². The van der Waals surface area contributed by atoms with E-state index in [1.165, 1.54) is 4.31 Å². The van der Waals surface area contributed by atoms with Crippen LogP contribution in [0.3, 0.4) is 0 Å². The Bertz CT molecular complexity index is 702. The highest BCUT2D eigenvalue weighted by Gasteiger charge is 2.35. The molecule has 0 saturated carbocycles. The second-order valence-electron chi connectivity index (χ2n) is 6.78. The first-order chi connectivity index (χ1) is 10.8. The van der Waals surface area contributed by atoms with Gasteiger partial charge in [0.2, 0.25) is 10.0 Å². The highest BCUT2D eigenvalue weighted by molar-refractivity contribution is 7.93. The van der Waals surface area contributed by atoms with E-state index in [-0.39, 0.29) is 17.1 Å². The van der Waals surface area contributed by atoms with E-state index in [0.717, 1.165) is 13.0 Å². The molecule has 2 heterocycles. The normalized spacial score (nSPS) is 26.7. The van der Waals surface area contributed by atoms with Crippen molar-refractivity contribution in [3.63, 3.8) is 0 Å². The minimum absolute atomic E-state index is 0.000764. The molecule has 2 N–H and O–H groups in total. The highest BCUT2D eigenvalue weighted by atomic mass is 32.2. The first kappa shape index (κ1) is 16.3. The zero-order chi connectivity index (χ0) is 16.7. The van der Waals surface area contributed by atoms with Gasteiger partial charge >= 0.3 is 0 Å². The third-order valence-corrected chi connectivity index (χ3v) is 6.71. The van der Waals surface area contributed by atoms with Crippen molar-refractivity contribution in [2.75, 3.05) is 36.2 Å². The maximum Gasteiger partial charge on any atom is 0.253 e. The van der Waals surface area contributed by atoms with Crippen LogP contribution in [-0.4, -0.2) is 51.2 Å². The van der Waals surface area contributed by atoms with Crippen LogP contribution in [0.5, 0.6) is 0 Å². The van der Waals surface area contributed by atoms with Crippen LogP contribution in [0.1, 0.15) is 30.1 Å². The second kappa shape index (κ2) is 5.79. The zero-order valence-electron chi connectivity index (χ0n) is 13.4. The Hall–Kier alpha value is -1.60. The van der Waals surface area contributed by atoms with Crippen LogP contribution in [0, 0.1) is 5.41 Å². The lowest BCUT2D eigenvalue weighted by Crippen LogP contribution is -2.34. The standard InChI is InChI=1S/C16H23N3O3S/c1-16(11-17)7-9-18(12-16)15(20)13-3-5-14(6-4-13)19-8-2-10-23(19,21)22/h3-6H,2,7-12,17H2,1H3. The molecule has 0 bridgehead atoms. The Morgan fingerprint density at radius 2 is 1.96 bits per heavy atom. The van der Waals surface area contributed by atoms with E-state index in [4.69, 9.17) is 5.73 Å². The Morgan fingerprint density at radius 3 is 2.48 bits per heavy atom. The fourth-order valence-electron chi connectivity index (χ4n) is 3.25. The minimum Gasteiger partial charge on any atom is -0.338 e. The predicted octanol–water partition coefficient (Wildman–Crippen LogP) is 1.04. The van der Waals surface area contributed by atoms with Crippen molar-refractivity contribution in [1.29, 1.82) is 0 Å². The molecular weight excluding hydrogens is 314 g/mol. The number of hydrogen-bond acceptors (Lipinski definition) is 4. The molecule has 0 spiro atoms. The quantitative estimate of drug-likeness (QED) is 0.893. The van der Waals surface area contributed by atoms with Crippen molar-refractivity contribution >= 4 is 21.6 Å². The Balaban J connectivity index is 1.74. The molecule has 6 nitrogen and oxygen atoms in total. The van der Waals surface area contributed by atoms with Crippen LogP contribution in [0.15, 0.2) is 24.3 Å². The summed E-state index contributed by atoms with van der Waals surface area (Å²) in [6.45, 7) is 4.57. The van der Waals surface area contributed by atoms with Gasteiger partial charge in [-0.1, -0.05) is 6.92 Å². The van der Waals surface area contributed by atoms with Crippen LogP contribution in [0.25, 0.3) is 0 Å². The smallest absolute Gasteiger partial charge is 0.253 e. The number of nitrogens with zero attached hydrogens (tertiary/aromatic N) is 2. The number of nitrogens with two attached hydrogens (primary N) is 1. The van der Waals surface area contributed by atoms with Crippen molar-refractivity contribution in [3.05, 3.63) is 29.8 Å². The Kier molecular flexibility index (Phi) is 4.10. The molecule has 0 aliphatic carbocycles. The molecule has 2 saturated heterocycles. The topological polar surface area (TPSA) is 83.7 Å². The van der Waals surface area contributed by atoms with Gasteiger partial charge in [-0.25, -0.2) is 8.42 Å². The van der Waals surface area contributed by atoms with E-state index in [9.17, 15) is 13.2 Å². The van der Waals surface area contributed by atoms with Gasteiger partial charge in [0.1, 0.15) is 0 Å². The summed E-state index contributed by atoms with van der Waals surface area (Å²) in [4.78, 5) is 14.4. The second-order valence-corrected chi connectivity index (χ2v) is 8.79. The lowest BCUT2D eigenvalue weighted by Gasteiger charge is -2.23. The van der Waals surface area contributed by atoms with Crippen molar-refractivity contribution in [1.82, 2.24) is 4.90 Å². The molecule has 126 valence electrons. The highest BCUT2D eigenvalue weighted by Crippen LogP contribution is 2.30. The van der Waals surface area contributed by atoms with Crippen molar-refractivity contribution in [2.24, 2.45) is 11.1 Å². The van der Waals surface area contributed by atoms with E-state index < -0.39 is 10.0 Å². The molecule has 23 heavy (non-hydrogen) atoms. The van der Waals surface area contributed by atoms with Crippen LogP contribution in [-0.2, 0) is 10.0 Å². The molecule has 1 aromatic carbocycles. The van der Waals surface area contributed by atoms with Gasteiger partial charge in [-0.05, 0) is 49.1 Å². The summed E-state index contributed by atoms with van der Waals surface area (Å²) < 4.78 is 25.3. The average molecular weight is 337 g/mol. The number of benzene rings is 1. The van der Waals surface area contributed by atoms with Gasteiger partial charge in [0, 0.05) is 25.2 Å². The van der Waals surface area contributed by atoms with Gasteiger partial charge in [-0.15, -0.1) is 0 Å². The van der Waals surface area contributed by atoms with Crippen LogP contribution in [0.4, 0.5) is 5.69 Å². The van der Waals surface area contributed by atoms with E-state index in [1.807, 2.05) is 4.90 Å². The molecule has 3 rings (SSSR count). The predicted molar refractivity (Wildman–Crippen MR) is 89.9 cm³/mol. The summed E-state index contributed by atoms with van der Waals surface area (Å²) in [7, 11) is -3.18. The maximum absolute atomic E-state index is 12.6. The number of carbonyl (C=O) groups excluding carboxylic acids is 1. The van der Waals surface area contributed by atoms with Crippen LogP contribution in [0.2, 0.25) is 0 Å². The number of amides is 1. The van der Waals surface area contributed by atoms with Gasteiger partial charge in [-0.2, -0.15) is 0 Å². The summed E-state index contributed by atoms with van der Waals surface area (Å²) in [5.41, 5.74) is 7.00. The first-order valence-corrected chi connectivity index (χ1v) is 9.55. The van der Waals surface area contributed by atoms with Crippen LogP contribution >= 0.6 is 0 Å². The molecule has 2 aliphatic rings. The van der Waals surface area contributed by atoms with Crippen molar-refractivity contribution < 1.29 is 13.2 Å². The number of anilines is 1. The molecule has 0 aromatic heterocycles. The fourth-order valence-corrected chi connectivity index (χ4v) is 4.81. The van der Waals surface area contributed by atoms with Gasteiger partial charge in [-0.3, -0.25) is 9.10 Å². The summed E-state index contributed by atoms with van der Waals surface area (Å²) in [5.74, 6) is 0.178. The van der Waals surface area contributed by atoms with Gasteiger partial charge in [0.15, 0.2) is 0 Å². The molecular formula is C16H23N3O3S. The van der Waals surface area contributed by atoms with Gasteiger partial charge in [0.05, 0.1) is 11.4 Å². The SMILES string of the molecule is CC1(CN)CCN(C(=O)c2ccc(N3CCCS3(=O)=O)cc2)C1. The molecule has 2 aliphatic heterocycles. The summed E-state index contributed by atoms with van der Waals surface area (Å²) in [6, 6.07) is 6.86. The van der Waals surface area contributed by atoms with Crippen molar-refractivity contribution in [2.45, 2.75) is 19.8 Å². The monoisotopic (exact) mass is 337 g/mol. The maximum atomic E-state index is 12.6. The molecule has 2 fully saturated rings. The number of carbonyl (C=O) groups is 1. The zero-order valence-corrected chi connectivity index (χ0v) is 14.2. The largest absolute Gasteiger partial charge is 0.338 e. The molecule has 1 atom stereocenters. The number of hydrogen-bond donors (Lipinski definition) is 1. The molecule has 1 amide bonds. The molecule has 7 heteroatoms. The summed E-state index contributed by atoms with van der Waals surface area (Å²) in [5, 5.41) is 0. The summed E-state index contributed by atoms with van der Waals surface area (Å²) in [6.07, 6.45) is 1.56.